The summed E-state index contributed by atoms with van der Waals surface area (Å²) in [4.78, 5) is 5.19. The number of piperidine rings is 1. The van der Waals surface area contributed by atoms with Crippen LogP contribution in [0.25, 0.3) is 0 Å². The van der Waals surface area contributed by atoms with Crippen LogP contribution in [0, 0.1) is 5.41 Å². The van der Waals surface area contributed by atoms with Crippen molar-refractivity contribution in [2.24, 2.45) is 5.41 Å². The number of benzene rings is 2. The fraction of sp³-hybridized carbons (Fsp3) is 0.455. The summed E-state index contributed by atoms with van der Waals surface area (Å²) in [7, 11) is 2.29. The van der Waals surface area contributed by atoms with E-state index in [1.807, 2.05) is 0 Å². The van der Waals surface area contributed by atoms with E-state index in [1.54, 1.807) is 5.56 Å². The molecule has 1 spiro atoms. The molecule has 1 atom stereocenters. The Hall–Kier alpha value is -1.64. The quantitative estimate of drug-likeness (QED) is 0.843. The van der Waals surface area contributed by atoms with Gasteiger partial charge in [0, 0.05) is 25.6 Å². The van der Waals surface area contributed by atoms with Crippen LogP contribution in [0.2, 0.25) is 0 Å². The molecule has 0 radical (unpaired) electrons. The lowest BCUT2D eigenvalue weighted by Gasteiger charge is -2.43. The van der Waals surface area contributed by atoms with Crippen LogP contribution >= 0.6 is 0 Å². The predicted molar refractivity (Wildman–Crippen MR) is 100 cm³/mol. The van der Waals surface area contributed by atoms with Gasteiger partial charge in [0.2, 0.25) is 0 Å². The van der Waals surface area contributed by atoms with Gasteiger partial charge in [-0.1, -0.05) is 60.7 Å². The van der Waals surface area contributed by atoms with Gasteiger partial charge in [0.25, 0.3) is 0 Å². The first-order valence-corrected chi connectivity index (χ1v) is 9.25. The maximum absolute atomic E-state index is 2.64. The van der Waals surface area contributed by atoms with Gasteiger partial charge in [-0.2, -0.15) is 0 Å². The SMILES string of the molecule is CN1C[C@H](c2ccccc2)C2(CCN(Cc3ccccc3)CC2)C1. The summed E-state index contributed by atoms with van der Waals surface area (Å²) in [5, 5.41) is 0. The van der Waals surface area contributed by atoms with Crippen LogP contribution in [-0.4, -0.2) is 43.0 Å². The Morgan fingerprint density at radius 2 is 1.54 bits per heavy atom. The molecule has 2 aromatic rings. The topological polar surface area (TPSA) is 6.48 Å². The Balaban J connectivity index is 1.46. The van der Waals surface area contributed by atoms with E-state index in [2.05, 4.69) is 77.5 Å². The van der Waals surface area contributed by atoms with Crippen LogP contribution in [0.3, 0.4) is 0 Å². The van der Waals surface area contributed by atoms with Crippen LogP contribution < -0.4 is 0 Å². The summed E-state index contributed by atoms with van der Waals surface area (Å²) >= 11 is 0. The predicted octanol–water partition coefficient (Wildman–Crippen LogP) is 4.00. The number of nitrogens with zero attached hydrogens (tertiary/aromatic N) is 2. The number of likely N-dealkylation sites (tertiary alicyclic amines) is 2. The minimum absolute atomic E-state index is 0.475. The Bertz CT molecular complexity index is 644. The molecule has 2 fully saturated rings. The summed E-state index contributed by atoms with van der Waals surface area (Å²) < 4.78 is 0. The first kappa shape index (κ1) is 15.9. The third-order valence-electron chi connectivity index (χ3n) is 6.12. The van der Waals surface area contributed by atoms with Crippen molar-refractivity contribution in [2.75, 3.05) is 33.2 Å². The number of likely N-dealkylation sites (N-methyl/N-ethyl adjacent to an activating group) is 1. The maximum atomic E-state index is 2.64. The molecule has 126 valence electrons. The van der Waals surface area contributed by atoms with Crippen LogP contribution in [0.5, 0.6) is 0 Å². The summed E-state index contributed by atoms with van der Waals surface area (Å²) in [5.74, 6) is 0.697. The van der Waals surface area contributed by atoms with Gasteiger partial charge in [-0.3, -0.25) is 4.90 Å². The largest absolute Gasteiger partial charge is 0.305 e. The Kier molecular flexibility index (Phi) is 4.43. The molecule has 0 bridgehead atoms. The molecule has 2 aliphatic rings. The zero-order valence-corrected chi connectivity index (χ0v) is 14.7. The van der Waals surface area contributed by atoms with Gasteiger partial charge < -0.3 is 4.90 Å². The van der Waals surface area contributed by atoms with Gasteiger partial charge in [0.1, 0.15) is 0 Å². The van der Waals surface area contributed by atoms with Crippen LogP contribution in [0.15, 0.2) is 60.7 Å². The van der Waals surface area contributed by atoms with Gasteiger partial charge >= 0.3 is 0 Å². The standard InChI is InChI=1S/C22H28N2/c1-23-17-21(20-10-6-3-7-11-20)22(18-23)12-14-24(15-13-22)16-19-8-4-2-5-9-19/h2-11,21H,12-18H2,1H3/t21-/m1/s1. The molecule has 0 saturated carbocycles. The maximum Gasteiger partial charge on any atom is 0.0233 e. The molecule has 24 heavy (non-hydrogen) atoms. The van der Waals surface area contributed by atoms with Gasteiger partial charge in [-0.15, -0.1) is 0 Å². The molecule has 2 heterocycles. The van der Waals surface area contributed by atoms with E-state index < -0.39 is 0 Å². The highest BCUT2D eigenvalue weighted by atomic mass is 15.2. The second kappa shape index (κ2) is 6.70. The zero-order valence-electron chi connectivity index (χ0n) is 14.7. The Morgan fingerprint density at radius 3 is 2.21 bits per heavy atom. The third kappa shape index (κ3) is 3.13. The van der Waals surface area contributed by atoms with Crippen LogP contribution in [0.4, 0.5) is 0 Å². The number of hydrogen-bond acceptors (Lipinski definition) is 2. The van der Waals surface area contributed by atoms with E-state index in [9.17, 15) is 0 Å². The van der Waals surface area contributed by atoms with E-state index >= 15 is 0 Å². The van der Waals surface area contributed by atoms with Crippen molar-refractivity contribution in [2.45, 2.75) is 25.3 Å². The molecule has 2 nitrogen and oxygen atoms in total. The molecule has 2 heteroatoms. The Morgan fingerprint density at radius 1 is 0.917 bits per heavy atom. The van der Waals surface area contributed by atoms with Crippen molar-refractivity contribution in [1.82, 2.24) is 9.80 Å². The highest BCUT2D eigenvalue weighted by Gasteiger charge is 2.47. The molecule has 2 aromatic carbocycles. The van der Waals surface area contributed by atoms with E-state index in [0.717, 1.165) is 6.54 Å². The second-order valence-electron chi connectivity index (χ2n) is 7.78. The van der Waals surface area contributed by atoms with Crippen molar-refractivity contribution in [3.05, 3.63) is 71.8 Å². The lowest BCUT2D eigenvalue weighted by atomic mass is 9.68. The smallest absolute Gasteiger partial charge is 0.0233 e. The highest BCUT2D eigenvalue weighted by molar-refractivity contribution is 5.25. The Labute approximate surface area is 146 Å². The zero-order chi connectivity index (χ0) is 16.4. The summed E-state index contributed by atoms with van der Waals surface area (Å²) in [6.07, 6.45) is 2.65. The fourth-order valence-corrected chi connectivity index (χ4v) is 4.87. The normalized spacial score (nSPS) is 24.5. The minimum Gasteiger partial charge on any atom is -0.305 e. The summed E-state index contributed by atoms with van der Waals surface area (Å²) in [6.45, 7) is 6.02. The van der Waals surface area contributed by atoms with Gasteiger partial charge in [0.15, 0.2) is 0 Å². The molecule has 4 rings (SSSR count). The highest BCUT2D eigenvalue weighted by Crippen LogP contribution is 2.49. The van der Waals surface area contributed by atoms with Crippen molar-refractivity contribution in [3.8, 4) is 0 Å². The van der Waals surface area contributed by atoms with E-state index in [4.69, 9.17) is 0 Å². The molecule has 0 amide bonds. The lowest BCUT2D eigenvalue weighted by molar-refractivity contribution is 0.0939. The van der Waals surface area contributed by atoms with Gasteiger partial charge in [-0.25, -0.2) is 0 Å². The summed E-state index contributed by atoms with van der Waals surface area (Å²) in [6, 6.07) is 22.1. The third-order valence-corrected chi connectivity index (χ3v) is 6.12. The van der Waals surface area contributed by atoms with E-state index in [1.165, 1.54) is 44.6 Å². The molecule has 0 unspecified atom stereocenters. The van der Waals surface area contributed by atoms with Crippen molar-refractivity contribution < 1.29 is 0 Å². The number of rotatable bonds is 3. The molecular formula is C22H28N2. The number of hydrogen-bond donors (Lipinski definition) is 0. The molecular weight excluding hydrogens is 292 g/mol. The van der Waals surface area contributed by atoms with Gasteiger partial charge in [-0.05, 0) is 49.5 Å². The van der Waals surface area contributed by atoms with Crippen LogP contribution in [-0.2, 0) is 6.54 Å². The van der Waals surface area contributed by atoms with Gasteiger partial charge in [0.05, 0.1) is 0 Å². The second-order valence-corrected chi connectivity index (χ2v) is 7.78. The van der Waals surface area contributed by atoms with Crippen molar-refractivity contribution in [1.29, 1.82) is 0 Å². The molecule has 0 aliphatic carbocycles. The first-order valence-electron chi connectivity index (χ1n) is 9.25. The molecule has 0 N–H and O–H groups in total. The first-order chi connectivity index (χ1) is 11.8. The van der Waals surface area contributed by atoms with E-state index in [0.29, 0.717) is 11.3 Å². The van der Waals surface area contributed by atoms with Crippen LogP contribution in [0.1, 0.15) is 29.9 Å². The molecule has 0 aromatic heterocycles. The summed E-state index contributed by atoms with van der Waals surface area (Å²) in [5.41, 5.74) is 3.46. The molecule has 2 aliphatic heterocycles. The molecule has 2 saturated heterocycles. The average Bonchev–Trinajstić information content (AvgIpc) is 2.95. The minimum atomic E-state index is 0.475. The monoisotopic (exact) mass is 320 g/mol. The lowest BCUT2D eigenvalue weighted by Crippen LogP contribution is -2.43. The van der Waals surface area contributed by atoms with Crippen molar-refractivity contribution >= 4 is 0 Å². The van der Waals surface area contributed by atoms with Crippen molar-refractivity contribution in [3.63, 3.8) is 0 Å². The van der Waals surface area contributed by atoms with E-state index in [-0.39, 0.29) is 0 Å². The average molecular weight is 320 g/mol. The fourth-order valence-electron chi connectivity index (χ4n) is 4.87.